The molecule has 2 N–H and O–H groups in total. The molecule has 134 valence electrons. The van der Waals surface area contributed by atoms with Gasteiger partial charge in [0.2, 0.25) is 0 Å². The Balaban J connectivity index is 2.27. The standard InChI is InChI=1S/C15H16N2O6S2/c1-3-13(20)22-24-25-23-14(21)15(2,10-6-4-5-9-16-10)17-11(18)7-8-12(17)19/h4-9,18-19H,3H2,1-2H3. The molecule has 0 aromatic carbocycles. The first kappa shape index (κ1) is 19.0. The molecule has 1 unspecified atom stereocenters. The van der Waals surface area contributed by atoms with Crippen LogP contribution in [0.4, 0.5) is 0 Å². The van der Waals surface area contributed by atoms with Crippen LogP contribution in [0.25, 0.3) is 0 Å². The number of pyridine rings is 1. The predicted molar refractivity (Wildman–Crippen MR) is 92.4 cm³/mol. The number of carbonyl (C=O) groups is 2. The van der Waals surface area contributed by atoms with Gasteiger partial charge in [0, 0.05) is 24.8 Å². The maximum atomic E-state index is 12.7. The number of aromatic nitrogens is 2. The van der Waals surface area contributed by atoms with E-state index in [0.717, 1.165) is 4.57 Å². The van der Waals surface area contributed by atoms with Gasteiger partial charge in [-0.3, -0.25) is 14.3 Å². The van der Waals surface area contributed by atoms with E-state index in [1.807, 2.05) is 0 Å². The van der Waals surface area contributed by atoms with Gasteiger partial charge in [0.1, 0.15) is 0 Å². The van der Waals surface area contributed by atoms with Crippen molar-refractivity contribution in [3.8, 4) is 11.8 Å². The first-order valence-corrected chi connectivity index (χ1v) is 9.18. The van der Waals surface area contributed by atoms with Crippen LogP contribution in [-0.2, 0) is 23.5 Å². The molecular weight excluding hydrogens is 368 g/mol. The Morgan fingerprint density at radius 3 is 2.36 bits per heavy atom. The summed E-state index contributed by atoms with van der Waals surface area (Å²) in [6.07, 6.45) is 1.67. The second-order valence-corrected chi connectivity index (χ2v) is 6.41. The highest BCUT2D eigenvalue weighted by atomic mass is 33.1. The number of hydrogen-bond donors (Lipinski definition) is 2. The Bertz CT molecular complexity index is 732. The van der Waals surface area contributed by atoms with E-state index in [1.54, 1.807) is 25.1 Å². The molecule has 0 aliphatic heterocycles. The molecule has 2 rings (SSSR count). The molecule has 0 bridgehead atoms. The molecule has 0 saturated heterocycles. The summed E-state index contributed by atoms with van der Waals surface area (Å²) in [6.45, 7) is 3.08. The number of aromatic hydroxyl groups is 2. The monoisotopic (exact) mass is 384 g/mol. The van der Waals surface area contributed by atoms with Gasteiger partial charge in [0.05, 0.1) is 5.69 Å². The van der Waals surface area contributed by atoms with Crippen LogP contribution < -0.4 is 0 Å². The molecule has 0 spiro atoms. The van der Waals surface area contributed by atoms with E-state index in [-0.39, 0.29) is 23.9 Å². The molecule has 10 heteroatoms. The van der Waals surface area contributed by atoms with Crippen LogP contribution >= 0.6 is 22.1 Å². The Morgan fingerprint density at radius 1 is 1.16 bits per heavy atom. The molecule has 2 aromatic rings. The van der Waals surface area contributed by atoms with Crippen molar-refractivity contribution in [1.29, 1.82) is 0 Å². The first-order chi connectivity index (χ1) is 11.9. The van der Waals surface area contributed by atoms with Crippen molar-refractivity contribution in [2.75, 3.05) is 0 Å². The van der Waals surface area contributed by atoms with Gasteiger partial charge in [-0.15, -0.1) is 0 Å². The maximum absolute atomic E-state index is 12.7. The van der Waals surface area contributed by atoms with Crippen LogP contribution in [0.5, 0.6) is 11.8 Å². The van der Waals surface area contributed by atoms with Crippen molar-refractivity contribution in [3.05, 3.63) is 42.2 Å². The number of rotatable bonds is 7. The Morgan fingerprint density at radius 2 is 1.80 bits per heavy atom. The van der Waals surface area contributed by atoms with Crippen LogP contribution in [0.15, 0.2) is 36.5 Å². The highest BCUT2D eigenvalue weighted by Gasteiger charge is 2.44. The average molecular weight is 384 g/mol. The zero-order valence-electron chi connectivity index (χ0n) is 13.4. The van der Waals surface area contributed by atoms with Crippen molar-refractivity contribution in [3.63, 3.8) is 0 Å². The summed E-state index contributed by atoms with van der Waals surface area (Å²) >= 11 is 1.16. The fourth-order valence-corrected chi connectivity index (χ4v) is 3.12. The van der Waals surface area contributed by atoms with Crippen LogP contribution in [0.1, 0.15) is 26.0 Å². The number of hydrogen-bond acceptors (Lipinski definition) is 9. The fraction of sp³-hybridized carbons (Fsp3) is 0.267. The summed E-state index contributed by atoms with van der Waals surface area (Å²) in [5, 5.41) is 20.1. The van der Waals surface area contributed by atoms with Gasteiger partial charge in [-0.1, -0.05) is 13.0 Å². The molecule has 8 nitrogen and oxygen atoms in total. The average Bonchev–Trinajstić information content (AvgIpc) is 2.97. The highest BCUT2D eigenvalue weighted by molar-refractivity contribution is 8.73. The van der Waals surface area contributed by atoms with Crippen molar-refractivity contribution in [2.45, 2.75) is 25.8 Å². The minimum absolute atomic E-state index is 0.193. The number of nitrogens with zero attached hydrogens (tertiary/aromatic N) is 2. The van der Waals surface area contributed by atoms with Crippen molar-refractivity contribution in [2.24, 2.45) is 0 Å². The minimum atomic E-state index is -1.64. The molecule has 2 heterocycles. The van der Waals surface area contributed by atoms with Gasteiger partial charge in [0.25, 0.3) is 0 Å². The van der Waals surface area contributed by atoms with Crippen molar-refractivity contribution in [1.82, 2.24) is 9.55 Å². The summed E-state index contributed by atoms with van der Waals surface area (Å²) in [4.78, 5) is 27.9. The molecule has 0 radical (unpaired) electrons. The van der Waals surface area contributed by atoms with Crippen LogP contribution in [0, 0.1) is 0 Å². The van der Waals surface area contributed by atoms with Crippen LogP contribution in [-0.4, -0.2) is 31.7 Å². The smallest absolute Gasteiger partial charge is 0.351 e. The zero-order chi connectivity index (χ0) is 18.4. The molecule has 0 aliphatic carbocycles. The summed E-state index contributed by atoms with van der Waals surface area (Å²) in [5.41, 5.74) is -1.39. The third-order valence-corrected chi connectivity index (χ3v) is 4.50. The lowest BCUT2D eigenvalue weighted by Gasteiger charge is -2.28. The van der Waals surface area contributed by atoms with Crippen LogP contribution in [0.2, 0.25) is 0 Å². The summed E-state index contributed by atoms with van der Waals surface area (Å²) < 4.78 is 10.8. The lowest BCUT2D eigenvalue weighted by Crippen LogP contribution is -2.41. The predicted octanol–water partition coefficient (Wildman–Crippen LogP) is 2.77. The van der Waals surface area contributed by atoms with E-state index in [4.69, 9.17) is 8.37 Å². The molecule has 0 saturated carbocycles. The molecule has 1 atom stereocenters. The third kappa shape index (κ3) is 4.02. The Hall–Kier alpha value is -2.33. The Kier molecular flexibility index (Phi) is 6.21. The van der Waals surface area contributed by atoms with Gasteiger partial charge in [0.15, 0.2) is 39.4 Å². The molecule has 25 heavy (non-hydrogen) atoms. The normalized spacial score (nSPS) is 13.0. The maximum Gasteiger partial charge on any atom is 0.351 e. The molecule has 0 fully saturated rings. The largest absolute Gasteiger partial charge is 0.494 e. The summed E-state index contributed by atoms with van der Waals surface area (Å²) in [6, 6.07) is 7.38. The van der Waals surface area contributed by atoms with Gasteiger partial charge in [-0.25, -0.2) is 4.79 Å². The van der Waals surface area contributed by atoms with Gasteiger partial charge >= 0.3 is 11.9 Å². The molecular formula is C15H16N2O6S2. The molecule has 0 aliphatic rings. The summed E-state index contributed by atoms with van der Waals surface area (Å²) in [7, 11) is 0. The van der Waals surface area contributed by atoms with Gasteiger partial charge in [-0.05, 0) is 19.1 Å². The van der Waals surface area contributed by atoms with Crippen LogP contribution in [0.3, 0.4) is 0 Å². The van der Waals surface area contributed by atoms with Crippen molar-refractivity contribution < 1.29 is 28.2 Å². The lowest BCUT2D eigenvalue weighted by atomic mass is 9.96. The quantitative estimate of drug-likeness (QED) is 0.423. The fourth-order valence-electron chi connectivity index (χ4n) is 2.07. The lowest BCUT2D eigenvalue weighted by molar-refractivity contribution is -0.140. The third-order valence-electron chi connectivity index (χ3n) is 3.40. The van der Waals surface area contributed by atoms with E-state index in [1.165, 1.54) is 25.3 Å². The molecule has 0 amide bonds. The van der Waals surface area contributed by atoms with E-state index in [9.17, 15) is 19.8 Å². The van der Waals surface area contributed by atoms with Gasteiger partial charge < -0.3 is 18.6 Å². The van der Waals surface area contributed by atoms with E-state index >= 15 is 0 Å². The highest BCUT2D eigenvalue weighted by Crippen LogP contribution is 2.38. The Labute approximate surface area is 152 Å². The van der Waals surface area contributed by atoms with E-state index in [0.29, 0.717) is 22.1 Å². The van der Waals surface area contributed by atoms with E-state index < -0.39 is 17.5 Å². The zero-order valence-corrected chi connectivity index (χ0v) is 15.0. The van der Waals surface area contributed by atoms with E-state index in [2.05, 4.69) is 4.98 Å². The molecule has 2 aromatic heterocycles. The van der Waals surface area contributed by atoms with Crippen molar-refractivity contribution >= 4 is 34.1 Å². The second kappa shape index (κ2) is 8.17. The number of carbonyl (C=O) groups excluding carboxylic acids is 2. The SMILES string of the molecule is CCC(=O)OSSOC(=O)C(C)(c1ccccn1)n1c(O)ccc1O. The summed E-state index contributed by atoms with van der Waals surface area (Å²) in [5.74, 6) is -1.95. The minimum Gasteiger partial charge on any atom is -0.494 e. The topological polar surface area (TPSA) is 111 Å². The second-order valence-electron chi connectivity index (χ2n) is 4.99. The van der Waals surface area contributed by atoms with Gasteiger partial charge in [-0.2, -0.15) is 0 Å². The first-order valence-electron chi connectivity index (χ1n) is 7.18.